The first kappa shape index (κ1) is 17.2. The predicted octanol–water partition coefficient (Wildman–Crippen LogP) is 4.39. The number of carbonyl (C=O) groups excluding carboxylic acids is 1. The van der Waals surface area contributed by atoms with Gasteiger partial charge in [-0.2, -0.15) is 0 Å². The van der Waals surface area contributed by atoms with Crippen LogP contribution in [0.15, 0.2) is 60.8 Å². The number of fused-ring (bicyclic) bond motifs is 1. The lowest BCUT2D eigenvalue weighted by Crippen LogP contribution is -2.15. The smallest absolute Gasteiger partial charge is 0.231 e. The summed E-state index contributed by atoms with van der Waals surface area (Å²) in [7, 11) is 0. The minimum absolute atomic E-state index is 0.138. The van der Waals surface area contributed by atoms with Gasteiger partial charge in [-0.05, 0) is 42.0 Å². The molecule has 2 N–H and O–H groups in total. The van der Waals surface area contributed by atoms with Crippen molar-refractivity contribution < 1.29 is 14.3 Å². The second-order valence-corrected chi connectivity index (χ2v) is 6.41. The number of carbonyl (C=O) groups is 1. The zero-order valence-electron chi connectivity index (χ0n) is 14.2. The van der Waals surface area contributed by atoms with Crippen LogP contribution in [0.4, 0.5) is 17.2 Å². The molecule has 0 saturated heterocycles. The Labute approximate surface area is 161 Å². The number of benzene rings is 2. The van der Waals surface area contributed by atoms with Crippen molar-refractivity contribution in [3.63, 3.8) is 0 Å². The normalized spacial score (nSPS) is 11.9. The number of nitrogens with one attached hydrogen (secondary N) is 2. The molecule has 0 saturated carbocycles. The summed E-state index contributed by atoms with van der Waals surface area (Å²) in [6.45, 7) is 0.241. The van der Waals surface area contributed by atoms with E-state index in [1.165, 1.54) is 0 Å². The zero-order chi connectivity index (χ0) is 18.6. The highest BCUT2D eigenvalue weighted by atomic mass is 35.5. The van der Waals surface area contributed by atoms with E-state index in [1.54, 1.807) is 24.4 Å². The Morgan fingerprint density at radius 3 is 2.56 bits per heavy atom. The lowest BCUT2D eigenvalue weighted by atomic mass is 10.1. The molecular formula is C20H16ClN3O3. The molecule has 1 amide bonds. The van der Waals surface area contributed by atoms with Crippen molar-refractivity contribution >= 4 is 34.7 Å². The molecule has 27 heavy (non-hydrogen) atoms. The molecule has 1 aromatic heterocycles. The number of pyridine rings is 1. The topological polar surface area (TPSA) is 72.5 Å². The number of halogens is 1. The van der Waals surface area contributed by atoms with Gasteiger partial charge in [0.1, 0.15) is 5.82 Å². The Morgan fingerprint density at radius 1 is 1.00 bits per heavy atom. The van der Waals surface area contributed by atoms with Crippen LogP contribution >= 0.6 is 11.6 Å². The summed E-state index contributed by atoms with van der Waals surface area (Å²) in [5, 5.41) is 6.66. The molecule has 0 bridgehead atoms. The van der Waals surface area contributed by atoms with Gasteiger partial charge < -0.3 is 20.1 Å². The molecule has 0 fully saturated rings. The van der Waals surface area contributed by atoms with Crippen molar-refractivity contribution in [2.45, 2.75) is 6.42 Å². The van der Waals surface area contributed by atoms with E-state index in [1.807, 2.05) is 36.4 Å². The second kappa shape index (κ2) is 7.55. The number of nitrogens with zero attached hydrogens (tertiary/aromatic N) is 1. The molecule has 6 nitrogen and oxygen atoms in total. The Hall–Kier alpha value is -3.25. The fourth-order valence-corrected chi connectivity index (χ4v) is 2.78. The van der Waals surface area contributed by atoms with Gasteiger partial charge in [-0.15, -0.1) is 0 Å². The highest BCUT2D eigenvalue weighted by molar-refractivity contribution is 6.30. The van der Waals surface area contributed by atoms with Crippen molar-refractivity contribution in [3.05, 3.63) is 71.4 Å². The lowest BCUT2D eigenvalue weighted by molar-refractivity contribution is -0.115. The SMILES string of the molecule is O=C(Cc1ccc(Cl)cc1)Nc1ccc(Nc2ccc3c(c2)OCO3)cn1. The molecule has 4 rings (SSSR count). The molecule has 2 heterocycles. The van der Waals surface area contributed by atoms with E-state index >= 15 is 0 Å². The maximum atomic E-state index is 12.1. The lowest BCUT2D eigenvalue weighted by Gasteiger charge is -2.09. The van der Waals surface area contributed by atoms with Crippen molar-refractivity contribution in [3.8, 4) is 11.5 Å². The van der Waals surface area contributed by atoms with Crippen LogP contribution in [0.3, 0.4) is 0 Å². The van der Waals surface area contributed by atoms with Gasteiger partial charge in [0.15, 0.2) is 11.5 Å². The summed E-state index contributed by atoms with van der Waals surface area (Å²) in [5.74, 6) is 1.79. The monoisotopic (exact) mass is 381 g/mol. The third-order valence-electron chi connectivity index (χ3n) is 3.97. The maximum absolute atomic E-state index is 12.1. The summed E-state index contributed by atoms with van der Waals surface area (Å²) in [4.78, 5) is 16.4. The Balaban J connectivity index is 1.35. The largest absolute Gasteiger partial charge is 0.454 e. The molecule has 0 aliphatic carbocycles. The van der Waals surface area contributed by atoms with Crippen LogP contribution in [0, 0.1) is 0 Å². The zero-order valence-corrected chi connectivity index (χ0v) is 15.0. The second-order valence-electron chi connectivity index (χ2n) is 5.98. The third kappa shape index (κ3) is 4.30. The van der Waals surface area contributed by atoms with Crippen LogP contribution in [0.5, 0.6) is 11.5 Å². The Bertz CT molecular complexity index is 959. The van der Waals surface area contributed by atoms with Gasteiger partial charge in [0, 0.05) is 16.8 Å². The van der Waals surface area contributed by atoms with Crippen LogP contribution in [0.2, 0.25) is 5.02 Å². The fourth-order valence-electron chi connectivity index (χ4n) is 2.66. The van der Waals surface area contributed by atoms with Gasteiger partial charge in [0.2, 0.25) is 12.7 Å². The van der Waals surface area contributed by atoms with Crippen LogP contribution in [-0.2, 0) is 11.2 Å². The summed E-state index contributed by atoms with van der Waals surface area (Å²) >= 11 is 5.85. The minimum Gasteiger partial charge on any atom is -0.454 e. The first-order chi connectivity index (χ1) is 13.2. The molecule has 1 aliphatic rings. The molecule has 7 heteroatoms. The number of hydrogen-bond donors (Lipinski definition) is 2. The molecule has 0 radical (unpaired) electrons. The highest BCUT2D eigenvalue weighted by Crippen LogP contribution is 2.35. The van der Waals surface area contributed by atoms with Gasteiger partial charge in [-0.3, -0.25) is 4.79 Å². The van der Waals surface area contributed by atoms with Crippen LogP contribution in [0.1, 0.15) is 5.56 Å². The average Bonchev–Trinajstić information content (AvgIpc) is 3.13. The molecule has 0 spiro atoms. The van der Waals surface area contributed by atoms with E-state index in [2.05, 4.69) is 15.6 Å². The molecule has 3 aromatic rings. The van der Waals surface area contributed by atoms with Crippen LogP contribution < -0.4 is 20.1 Å². The van der Waals surface area contributed by atoms with Crippen molar-refractivity contribution in [2.75, 3.05) is 17.4 Å². The van der Waals surface area contributed by atoms with E-state index in [0.29, 0.717) is 16.6 Å². The quantitative estimate of drug-likeness (QED) is 0.685. The van der Waals surface area contributed by atoms with E-state index in [0.717, 1.165) is 22.7 Å². The summed E-state index contributed by atoms with van der Waals surface area (Å²) in [6, 6.07) is 16.4. The average molecular weight is 382 g/mol. The van der Waals surface area contributed by atoms with Crippen molar-refractivity contribution in [1.82, 2.24) is 4.98 Å². The van der Waals surface area contributed by atoms with E-state index in [-0.39, 0.29) is 19.1 Å². The van der Waals surface area contributed by atoms with Gasteiger partial charge in [0.25, 0.3) is 0 Å². The number of hydrogen-bond acceptors (Lipinski definition) is 5. The number of aromatic nitrogens is 1. The van der Waals surface area contributed by atoms with E-state index in [9.17, 15) is 4.79 Å². The molecule has 0 unspecified atom stereocenters. The van der Waals surface area contributed by atoms with Gasteiger partial charge in [-0.1, -0.05) is 23.7 Å². The van der Waals surface area contributed by atoms with Crippen molar-refractivity contribution in [1.29, 1.82) is 0 Å². The van der Waals surface area contributed by atoms with Gasteiger partial charge in [0.05, 0.1) is 18.3 Å². The molecule has 1 aliphatic heterocycles. The standard InChI is InChI=1S/C20H16ClN3O3/c21-14-3-1-13(2-4-14)9-20(25)24-19-8-6-16(11-22-19)23-15-5-7-17-18(10-15)27-12-26-17/h1-8,10-11,23H,9,12H2,(H,22,24,25). The number of rotatable bonds is 5. The number of ether oxygens (including phenoxy) is 2. The molecule has 2 aromatic carbocycles. The van der Waals surface area contributed by atoms with Crippen LogP contribution in [-0.4, -0.2) is 17.7 Å². The summed E-state index contributed by atoms with van der Waals surface area (Å²) in [5.41, 5.74) is 2.54. The number of anilines is 3. The Kier molecular flexibility index (Phi) is 4.80. The first-order valence-corrected chi connectivity index (χ1v) is 8.70. The summed E-state index contributed by atoms with van der Waals surface area (Å²) in [6.07, 6.45) is 1.92. The third-order valence-corrected chi connectivity index (χ3v) is 4.22. The van der Waals surface area contributed by atoms with Gasteiger partial charge >= 0.3 is 0 Å². The van der Waals surface area contributed by atoms with E-state index in [4.69, 9.17) is 21.1 Å². The fraction of sp³-hybridized carbons (Fsp3) is 0.100. The van der Waals surface area contributed by atoms with Crippen LogP contribution in [0.25, 0.3) is 0 Å². The number of amides is 1. The first-order valence-electron chi connectivity index (χ1n) is 8.33. The molecular weight excluding hydrogens is 366 g/mol. The molecule has 136 valence electrons. The van der Waals surface area contributed by atoms with Gasteiger partial charge in [-0.25, -0.2) is 4.98 Å². The Morgan fingerprint density at radius 2 is 1.78 bits per heavy atom. The van der Waals surface area contributed by atoms with Crippen molar-refractivity contribution in [2.24, 2.45) is 0 Å². The molecule has 0 atom stereocenters. The summed E-state index contributed by atoms with van der Waals surface area (Å²) < 4.78 is 10.7. The van der Waals surface area contributed by atoms with E-state index < -0.39 is 0 Å². The highest BCUT2D eigenvalue weighted by Gasteiger charge is 2.13. The maximum Gasteiger partial charge on any atom is 0.231 e. The predicted molar refractivity (Wildman–Crippen MR) is 104 cm³/mol. The minimum atomic E-state index is -0.138.